The van der Waals surface area contributed by atoms with E-state index in [0.29, 0.717) is 47.3 Å². The first-order valence-electron chi connectivity index (χ1n) is 9.91. The van der Waals surface area contributed by atoms with Crippen molar-refractivity contribution in [3.63, 3.8) is 0 Å². The zero-order valence-electron chi connectivity index (χ0n) is 16.1. The van der Waals surface area contributed by atoms with Gasteiger partial charge >= 0.3 is 0 Å². The molecule has 3 N–H and O–H groups in total. The van der Waals surface area contributed by atoms with E-state index in [2.05, 4.69) is 26.0 Å². The van der Waals surface area contributed by atoms with E-state index in [1.54, 1.807) is 22.9 Å². The van der Waals surface area contributed by atoms with Crippen LogP contribution in [0.5, 0.6) is 0 Å². The summed E-state index contributed by atoms with van der Waals surface area (Å²) in [5.74, 6) is -0.337. The van der Waals surface area contributed by atoms with Crippen LogP contribution in [0.15, 0.2) is 36.0 Å². The van der Waals surface area contributed by atoms with Gasteiger partial charge in [0, 0.05) is 30.3 Å². The number of fused-ring (bicyclic) bond motifs is 1. The fraction of sp³-hybridized carbons (Fsp3) is 0.286. The molecule has 0 unspecified atom stereocenters. The highest BCUT2D eigenvalue weighted by molar-refractivity contribution is 6.00. The predicted octanol–water partition coefficient (Wildman–Crippen LogP) is 3.48. The molecule has 7 nitrogen and oxygen atoms in total. The van der Waals surface area contributed by atoms with E-state index in [9.17, 15) is 13.6 Å². The van der Waals surface area contributed by atoms with Crippen molar-refractivity contribution in [1.29, 1.82) is 0 Å². The summed E-state index contributed by atoms with van der Waals surface area (Å²) in [6, 6.07) is 5.65. The van der Waals surface area contributed by atoms with Crippen LogP contribution in [-0.4, -0.2) is 33.6 Å². The van der Waals surface area contributed by atoms with Crippen LogP contribution in [0, 0.1) is 17.6 Å². The third-order valence-electron chi connectivity index (χ3n) is 5.28. The summed E-state index contributed by atoms with van der Waals surface area (Å²) in [4.78, 5) is 16.5. The summed E-state index contributed by atoms with van der Waals surface area (Å²) < 4.78 is 29.4. The summed E-state index contributed by atoms with van der Waals surface area (Å²) >= 11 is 0. The minimum Gasteiger partial charge on any atom is -0.370 e. The normalized spacial score (nSPS) is 17.5. The molecular weight excluding hydrogens is 390 g/mol. The van der Waals surface area contributed by atoms with Crippen molar-refractivity contribution in [3.8, 4) is 0 Å². The lowest BCUT2D eigenvalue weighted by Gasteiger charge is -2.12. The first-order chi connectivity index (χ1) is 14.6. The molecule has 9 heteroatoms. The third-order valence-corrected chi connectivity index (χ3v) is 5.28. The molecule has 30 heavy (non-hydrogen) atoms. The molecular formula is C21H20F2N6O. The molecule has 2 fully saturated rings. The Morgan fingerprint density at radius 3 is 2.93 bits per heavy atom. The Balaban J connectivity index is 1.56. The van der Waals surface area contributed by atoms with Gasteiger partial charge in [-0.3, -0.25) is 4.79 Å². The Morgan fingerprint density at radius 2 is 2.17 bits per heavy atom. The van der Waals surface area contributed by atoms with Gasteiger partial charge in [-0.2, -0.15) is 9.61 Å². The molecule has 0 spiro atoms. The average Bonchev–Trinajstić information content (AvgIpc) is 3.36. The largest absolute Gasteiger partial charge is 0.370 e. The zero-order valence-corrected chi connectivity index (χ0v) is 16.1. The number of nitrogens with one attached hydrogen (secondary N) is 3. The van der Waals surface area contributed by atoms with Crippen LogP contribution in [0.4, 0.5) is 26.1 Å². The van der Waals surface area contributed by atoms with Crippen LogP contribution in [0.25, 0.3) is 11.7 Å². The maximum atomic E-state index is 14.1. The first-order valence-corrected chi connectivity index (χ1v) is 9.91. The Hall–Kier alpha value is -3.49. The van der Waals surface area contributed by atoms with Crippen molar-refractivity contribution in [2.45, 2.75) is 19.3 Å². The Bertz CT molecular complexity index is 1170. The van der Waals surface area contributed by atoms with E-state index in [1.807, 2.05) is 0 Å². The summed E-state index contributed by atoms with van der Waals surface area (Å²) in [5.41, 5.74) is 1.85. The predicted molar refractivity (Wildman–Crippen MR) is 109 cm³/mol. The number of rotatable bonds is 6. The molecule has 1 aliphatic heterocycles. The Morgan fingerprint density at radius 1 is 1.30 bits per heavy atom. The lowest BCUT2D eigenvalue weighted by atomic mass is 10.1. The fourth-order valence-corrected chi connectivity index (χ4v) is 3.44. The number of aromatic nitrogens is 3. The molecule has 1 saturated carbocycles. The Labute approximate surface area is 171 Å². The monoisotopic (exact) mass is 410 g/mol. The van der Waals surface area contributed by atoms with E-state index in [4.69, 9.17) is 0 Å². The van der Waals surface area contributed by atoms with Crippen LogP contribution in [0.3, 0.4) is 0 Å². The van der Waals surface area contributed by atoms with Crippen molar-refractivity contribution >= 4 is 35.0 Å². The first kappa shape index (κ1) is 18.5. The van der Waals surface area contributed by atoms with Crippen LogP contribution >= 0.6 is 0 Å². The van der Waals surface area contributed by atoms with Gasteiger partial charge in [0.15, 0.2) is 17.3 Å². The summed E-state index contributed by atoms with van der Waals surface area (Å²) in [6.45, 7) is 1.41. The Kier molecular flexibility index (Phi) is 4.57. The highest BCUT2D eigenvalue weighted by Gasteiger charge is 2.22. The number of anilines is 3. The van der Waals surface area contributed by atoms with Gasteiger partial charge in [-0.25, -0.2) is 13.8 Å². The molecule has 154 valence electrons. The standard InChI is InChI=1S/C21H20F2N6O/c22-15-2-1-3-16(19(15)23)27-17-9-18(25-10-12-4-5-12)29-20(28-17)14(11-26-29)8-13-6-7-24-21(13)30/h1-3,8-9,11-12,25H,4-7,10H2,(H,24,30)(H,27,28). The smallest absolute Gasteiger partial charge is 0.247 e. The number of carbonyl (C=O) groups excluding carboxylic acids is 1. The summed E-state index contributed by atoms with van der Waals surface area (Å²) in [5, 5.41) is 13.4. The zero-order chi connectivity index (χ0) is 20.7. The number of hydrogen-bond donors (Lipinski definition) is 3. The van der Waals surface area contributed by atoms with E-state index in [-0.39, 0.29) is 11.6 Å². The molecule has 2 aromatic heterocycles. The van der Waals surface area contributed by atoms with Crippen molar-refractivity contribution in [2.24, 2.45) is 5.92 Å². The molecule has 1 amide bonds. The fourth-order valence-electron chi connectivity index (χ4n) is 3.44. The van der Waals surface area contributed by atoms with Gasteiger partial charge in [-0.15, -0.1) is 0 Å². The van der Waals surface area contributed by atoms with Gasteiger partial charge in [0.1, 0.15) is 11.6 Å². The lowest BCUT2D eigenvalue weighted by Crippen LogP contribution is -2.14. The second kappa shape index (κ2) is 7.40. The van der Waals surface area contributed by atoms with Gasteiger partial charge in [0.25, 0.3) is 0 Å². The van der Waals surface area contributed by atoms with Crippen LogP contribution in [0.1, 0.15) is 24.8 Å². The molecule has 2 aliphatic rings. The SMILES string of the molecule is O=C1NCCC1=Cc1cnn2c(NCC3CC3)cc(Nc3cccc(F)c3F)nc12. The van der Waals surface area contributed by atoms with E-state index in [1.165, 1.54) is 25.0 Å². The minimum atomic E-state index is -0.967. The van der Waals surface area contributed by atoms with Gasteiger partial charge in [-0.1, -0.05) is 6.07 Å². The van der Waals surface area contributed by atoms with Crippen LogP contribution < -0.4 is 16.0 Å². The van der Waals surface area contributed by atoms with Crippen molar-refractivity contribution in [3.05, 3.63) is 53.2 Å². The number of halogens is 2. The molecule has 5 rings (SSSR count). The van der Waals surface area contributed by atoms with Crippen LogP contribution in [-0.2, 0) is 4.79 Å². The average molecular weight is 410 g/mol. The van der Waals surface area contributed by atoms with Gasteiger partial charge in [0.05, 0.1) is 11.9 Å². The second-order valence-corrected chi connectivity index (χ2v) is 7.59. The van der Waals surface area contributed by atoms with Gasteiger partial charge < -0.3 is 16.0 Å². The molecule has 1 saturated heterocycles. The summed E-state index contributed by atoms with van der Waals surface area (Å²) in [7, 11) is 0. The van der Waals surface area contributed by atoms with Crippen molar-refractivity contribution < 1.29 is 13.6 Å². The second-order valence-electron chi connectivity index (χ2n) is 7.59. The molecule has 0 radical (unpaired) electrons. The molecule has 0 bridgehead atoms. The molecule has 1 aromatic carbocycles. The molecule has 1 aliphatic carbocycles. The van der Waals surface area contributed by atoms with E-state index >= 15 is 0 Å². The van der Waals surface area contributed by atoms with Gasteiger partial charge in [0.2, 0.25) is 5.91 Å². The van der Waals surface area contributed by atoms with E-state index in [0.717, 1.165) is 12.6 Å². The number of carbonyl (C=O) groups is 1. The van der Waals surface area contributed by atoms with Gasteiger partial charge in [-0.05, 0) is 43.4 Å². The minimum absolute atomic E-state index is 0.00502. The number of nitrogens with zero attached hydrogens (tertiary/aromatic N) is 3. The molecule has 3 aromatic rings. The lowest BCUT2D eigenvalue weighted by molar-refractivity contribution is -0.116. The maximum absolute atomic E-state index is 14.1. The van der Waals surface area contributed by atoms with Crippen molar-refractivity contribution in [1.82, 2.24) is 19.9 Å². The number of hydrogen-bond acceptors (Lipinski definition) is 5. The summed E-state index contributed by atoms with van der Waals surface area (Å²) in [6.07, 6.45) is 6.43. The maximum Gasteiger partial charge on any atom is 0.247 e. The van der Waals surface area contributed by atoms with Crippen molar-refractivity contribution in [2.75, 3.05) is 23.7 Å². The van der Waals surface area contributed by atoms with Crippen LogP contribution in [0.2, 0.25) is 0 Å². The molecule has 3 heterocycles. The number of benzene rings is 1. The quantitative estimate of drug-likeness (QED) is 0.542. The topological polar surface area (TPSA) is 83.4 Å². The number of amides is 1. The van der Waals surface area contributed by atoms with E-state index < -0.39 is 11.6 Å². The molecule has 0 atom stereocenters. The third kappa shape index (κ3) is 3.58. The highest BCUT2D eigenvalue weighted by Crippen LogP contribution is 2.30. The highest BCUT2D eigenvalue weighted by atomic mass is 19.2.